The van der Waals surface area contributed by atoms with E-state index < -0.39 is 0 Å². The number of benzene rings is 2. The summed E-state index contributed by atoms with van der Waals surface area (Å²) in [5.74, 6) is 0.493. The molecule has 0 saturated carbocycles. The molecule has 0 saturated heterocycles. The quantitative estimate of drug-likeness (QED) is 0.224. The molecule has 0 spiro atoms. The van der Waals surface area contributed by atoms with Gasteiger partial charge in [0, 0.05) is 35.6 Å². The molecule has 2 N–H and O–H groups in total. The van der Waals surface area contributed by atoms with Crippen LogP contribution in [0.25, 0.3) is 10.9 Å². The van der Waals surface area contributed by atoms with Crippen molar-refractivity contribution >= 4 is 45.5 Å². The number of pyridine rings is 2. The van der Waals surface area contributed by atoms with Crippen LogP contribution >= 0.6 is 11.6 Å². The number of amides is 1. The van der Waals surface area contributed by atoms with Gasteiger partial charge in [0.25, 0.3) is 0 Å². The van der Waals surface area contributed by atoms with Gasteiger partial charge in [-0.1, -0.05) is 17.7 Å². The predicted octanol–water partition coefficient (Wildman–Crippen LogP) is 6.68. The minimum atomic E-state index is -0.0534. The van der Waals surface area contributed by atoms with Crippen molar-refractivity contribution in [2.45, 2.75) is 40.2 Å². The van der Waals surface area contributed by atoms with Gasteiger partial charge in [-0.2, -0.15) is 5.26 Å². The Kier molecular flexibility index (Phi) is 9.20. The average Bonchev–Trinajstić information content (AvgIpc) is 2.91. The maximum absolute atomic E-state index is 12.6. The van der Waals surface area contributed by atoms with Gasteiger partial charge in [-0.05, 0) is 94.9 Å². The third-order valence-corrected chi connectivity index (χ3v) is 6.93. The minimum absolute atomic E-state index is 0.0534. The maximum atomic E-state index is 12.6. The van der Waals surface area contributed by atoms with Crippen molar-refractivity contribution in [2.75, 3.05) is 31.3 Å². The Balaban J connectivity index is 1.62. The van der Waals surface area contributed by atoms with Gasteiger partial charge in [0.15, 0.2) is 0 Å². The second kappa shape index (κ2) is 12.8. The first-order chi connectivity index (χ1) is 19.2. The lowest BCUT2D eigenvalue weighted by molar-refractivity contribution is -0.116. The fourth-order valence-electron chi connectivity index (χ4n) is 4.32. The van der Waals surface area contributed by atoms with E-state index in [1.54, 1.807) is 18.5 Å². The van der Waals surface area contributed by atoms with Crippen molar-refractivity contribution in [3.8, 4) is 11.8 Å². The molecule has 0 aliphatic carbocycles. The van der Waals surface area contributed by atoms with E-state index in [0.29, 0.717) is 46.3 Å². The molecule has 4 rings (SSSR count). The normalized spacial score (nSPS) is 10.9. The van der Waals surface area contributed by atoms with E-state index in [1.807, 2.05) is 65.2 Å². The molecular formula is C31H33ClN6O2. The van der Waals surface area contributed by atoms with Crippen LogP contribution in [-0.2, 0) is 11.4 Å². The molecule has 0 fully saturated rings. The summed E-state index contributed by atoms with van der Waals surface area (Å²) in [5.41, 5.74) is 6.74. The van der Waals surface area contributed by atoms with Crippen LogP contribution in [0.2, 0.25) is 5.02 Å². The SMILES string of the molecule is Cc1cc2ncc(C#N)c(Nc3cc(Cl)c(OCc4ncccc4C)cc3C)c2cc1NC(=O)CCCN(C)C. The summed E-state index contributed by atoms with van der Waals surface area (Å²) < 4.78 is 5.98. The number of nitrogens with zero attached hydrogens (tertiary/aromatic N) is 4. The number of ether oxygens (including phenoxy) is 1. The van der Waals surface area contributed by atoms with Crippen LogP contribution in [0.15, 0.2) is 48.8 Å². The highest BCUT2D eigenvalue weighted by atomic mass is 35.5. The Bertz CT molecular complexity index is 1600. The molecule has 2 aromatic heterocycles. The smallest absolute Gasteiger partial charge is 0.224 e. The van der Waals surface area contributed by atoms with Gasteiger partial charge in [-0.15, -0.1) is 0 Å². The summed E-state index contributed by atoms with van der Waals surface area (Å²) in [5, 5.41) is 17.5. The highest BCUT2D eigenvalue weighted by Crippen LogP contribution is 2.37. The Labute approximate surface area is 240 Å². The lowest BCUT2D eigenvalue weighted by Crippen LogP contribution is -2.17. The van der Waals surface area contributed by atoms with E-state index in [2.05, 4.69) is 31.6 Å². The Morgan fingerprint density at radius 2 is 1.85 bits per heavy atom. The van der Waals surface area contributed by atoms with E-state index in [0.717, 1.165) is 46.4 Å². The number of hydrogen-bond donors (Lipinski definition) is 2. The summed E-state index contributed by atoms with van der Waals surface area (Å²) in [6.07, 6.45) is 4.47. The molecule has 2 heterocycles. The third-order valence-electron chi connectivity index (χ3n) is 6.64. The van der Waals surface area contributed by atoms with Crippen LogP contribution in [0, 0.1) is 32.1 Å². The van der Waals surface area contributed by atoms with Crippen LogP contribution in [0.5, 0.6) is 5.75 Å². The molecule has 1 amide bonds. The van der Waals surface area contributed by atoms with Crippen LogP contribution in [-0.4, -0.2) is 41.4 Å². The van der Waals surface area contributed by atoms with E-state index >= 15 is 0 Å². The molecule has 0 unspecified atom stereocenters. The average molecular weight is 557 g/mol. The summed E-state index contributed by atoms with van der Waals surface area (Å²) in [6, 6.07) is 13.5. The van der Waals surface area contributed by atoms with E-state index in [1.165, 1.54) is 0 Å². The first-order valence-corrected chi connectivity index (χ1v) is 13.4. The van der Waals surface area contributed by atoms with Gasteiger partial charge in [-0.25, -0.2) is 0 Å². The van der Waals surface area contributed by atoms with Crippen molar-refractivity contribution < 1.29 is 9.53 Å². The number of rotatable bonds is 10. The molecule has 0 radical (unpaired) electrons. The van der Waals surface area contributed by atoms with Gasteiger partial charge >= 0.3 is 0 Å². The molecule has 2 aromatic carbocycles. The Hall–Kier alpha value is -4.19. The number of fused-ring (bicyclic) bond motifs is 1. The van der Waals surface area contributed by atoms with Gasteiger partial charge in [-0.3, -0.25) is 14.8 Å². The Morgan fingerprint density at radius 3 is 2.58 bits per heavy atom. The summed E-state index contributed by atoms with van der Waals surface area (Å²) in [4.78, 5) is 23.5. The first-order valence-electron chi connectivity index (χ1n) is 13.0. The molecule has 9 heteroatoms. The molecule has 40 heavy (non-hydrogen) atoms. The van der Waals surface area contributed by atoms with Crippen LogP contribution in [0.1, 0.15) is 40.8 Å². The number of nitriles is 1. The summed E-state index contributed by atoms with van der Waals surface area (Å²) in [7, 11) is 3.97. The van der Waals surface area contributed by atoms with E-state index in [-0.39, 0.29) is 5.91 Å². The number of carbonyl (C=O) groups is 1. The van der Waals surface area contributed by atoms with Crippen molar-refractivity contribution in [2.24, 2.45) is 0 Å². The van der Waals surface area contributed by atoms with Gasteiger partial charge < -0.3 is 20.3 Å². The first kappa shape index (κ1) is 28.8. The van der Waals surface area contributed by atoms with Crippen molar-refractivity contribution in [3.63, 3.8) is 0 Å². The monoisotopic (exact) mass is 556 g/mol. The molecule has 4 aromatic rings. The van der Waals surface area contributed by atoms with Crippen molar-refractivity contribution in [1.82, 2.24) is 14.9 Å². The van der Waals surface area contributed by atoms with Crippen LogP contribution in [0.4, 0.5) is 17.1 Å². The standard InChI is InChI=1S/C31H33ClN6O2/c1-19-8-6-10-34-28(19)18-40-29-13-21(3)26(15-24(29)32)37-31-22(16-33)17-35-27-12-20(2)25(14-23(27)31)36-30(39)9-7-11-38(4)5/h6,8,10,12-15,17H,7,9,11,18H2,1-5H3,(H,35,37)(H,36,39). The molecule has 0 aliphatic heterocycles. The molecule has 0 aliphatic rings. The zero-order chi connectivity index (χ0) is 28.8. The number of carbonyl (C=O) groups excluding carboxylic acids is 1. The fourth-order valence-corrected chi connectivity index (χ4v) is 4.53. The molecule has 0 bridgehead atoms. The topological polar surface area (TPSA) is 103 Å². The number of hydrogen-bond acceptors (Lipinski definition) is 7. The summed E-state index contributed by atoms with van der Waals surface area (Å²) >= 11 is 6.62. The van der Waals surface area contributed by atoms with Gasteiger partial charge in [0.2, 0.25) is 5.91 Å². The number of nitrogens with one attached hydrogen (secondary N) is 2. The number of aromatic nitrogens is 2. The molecular weight excluding hydrogens is 524 g/mol. The van der Waals surface area contributed by atoms with Crippen LogP contribution < -0.4 is 15.4 Å². The maximum Gasteiger partial charge on any atom is 0.224 e. The predicted molar refractivity (Wildman–Crippen MR) is 160 cm³/mol. The third kappa shape index (κ3) is 6.87. The van der Waals surface area contributed by atoms with Gasteiger partial charge in [0.1, 0.15) is 18.4 Å². The second-order valence-corrected chi connectivity index (χ2v) is 10.5. The largest absolute Gasteiger partial charge is 0.486 e. The van der Waals surface area contributed by atoms with Gasteiger partial charge in [0.05, 0.1) is 27.5 Å². The number of halogens is 1. The minimum Gasteiger partial charge on any atom is -0.486 e. The fraction of sp³-hybridized carbons (Fsp3) is 0.290. The molecule has 8 nitrogen and oxygen atoms in total. The van der Waals surface area contributed by atoms with Crippen molar-refractivity contribution in [1.29, 1.82) is 5.26 Å². The lowest BCUT2D eigenvalue weighted by atomic mass is 10.0. The lowest BCUT2D eigenvalue weighted by Gasteiger charge is -2.17. The van der Waals surface area contributed by atoms with E-state index in [4.69, 9.17) is 16.3 Å². The zero-order valence-corrected chi connectivity index (χ0v) is 24.2. The highest BCUT2D eigenvalue weighted by Gasteiger charge is 2.16. The number of anilines is 3. The Morgan fingerprint density at radius 1 is 1.07 bits per heavy atom. The second-order valence-electron chi connectivity index (χ2n) is 10.1. The van der Waals surface area contributed by atoms with Crippen molar-refractivity contribution in [3.05, 3.63) is 81.8 Å². The highest BCUT2D eigenvalue weighted by molar-refractivity contribution is 6.32. The summed E-state index contributed by atoms with van der Waals surface area (Å²) in [6.45, 7) is 6.99. The molecule has 0 atom stereocenters. The zero-order valence-electron chi connectivity index (χ0n) is 23.4. The number of aryl methyl sites for hydroxylation is 3. The van der Waals surface area contributed by atoms with E-state index in [9.17, 15) is 10.1 Å². The van der Waals surface area contributed by atoms with Crippen LogP contribution in [0.3, 0.4) is 0 Å². The molecule has 206 valence electrons.